The Bertz CT molecular complexity index is 320. The minimum Gasteiger partial charge on any atom is -0.298 e. The maximum Gasteiger partial charge on any atom is 0.209 e. The first-order valence-corrected chi connectivity index (χ1v) is 5.14. The molecule has 0 spiro atoms. The van der Waals surface area contributed by atoms with Gasteiger partial charge in [-0.05, 0) is 23.3 Å². The van der Waals surface area contributed by atoms with Gasteiger partial charge in [-0.3, -0.25) is 4.79 Å². The number of ketones is 1. The highest BCUT2D eigenvalue weighted by Gasteiger charge is 2.29. The number of thioether (sulfide) groups is 1. The highest BCUT2D eigenvalue weighted by molar-refractivity contribution is 7.99. The topological polar surface area (TPSA) is 60.7 Å². The molecule has 70 valence electrons. The molecule has 5 nitrogen and oxygen atoms in total. The summed E-state index contributed by atoms with van der Waals surface area (Å²) in [6, 6.07) is 0. The molecule has 1 saturated carbocycles. The number of aryl methyl sites for hydroxylation is 1. The first-order chi connectivity index (χ1) is 6.27. The summed E-state index contributed by atoms with van der Waals surface area (Å²) in [5.74, 6) is 1.15. The second kappa shape index (κ2) is 3.45. The van der Waals surface area contributed by atoms with Crippen molar-refractivity contribution >= 4 is 17.5 Å². The predicted molar refractivity (Wildman–Crippen MR) is 47.3 cm³/mol. The van der Waals surface area contributed by atoms with Crippen molar-refractivity contribution in [2.24, 2.45) is 13.0 Å². The third kappa shape index (κ3) is 2.06. The molecule has 13 heavy (non-hydrogen) atoms. The van der Waals surface area contributed by atoms with E-state index >= 15 is 0 Å². The van der Waals surface area contributed by atoms with Crippen molar-refractivity contribution in [3.05, 3.63) is 0 Å². The summed E-state index contributed by atoms with van der Waals surface area (Å²) in [6.45, 7) is 0. The van der Waals surface area contributed by atoms with Gasteiger partial charge in [-0.1, -0.05) is 11.8 Å². The van der Waals surface area contributed by atoms with Crippen LogP contribution in [0, 0.1) is 5.92 Å². The van der Waals surface area contributed by atoms with Crippen LogP contribution in [-0.2, 0) is 11.8 Å². The molecule has 1 aromatic rings. The van der Waals surface area contributed by atoms with Crippen LogP contribution in [-0.4, -0.2) is 31.7 Å². The van der Waals surface area contributed by atoms with Gasteiger partial charge in [0.15, 0.2) is 0 Å². The van der Waals surface area contributed by atoms with E-state index in [0.29, 0.717) is 22.6 Å². The summed E-state index contributed by atoms with van der Waals surface area (Å²) < 4.78 is 1.57. The number of hydrogen-bond donors (Lipinski definition) is 0. The molecule has 1 fully saturated rings. The van der Waals surface area contributed by atoms with Gasteiger partial charge < -0.3 is 0 Å². The fraction of sp³-hybridized carbons (Fsp3) is 0.714. The number of Topliss-reactive ketones (excluding diaryl/α,β-unsaturated/α-hetero) is 1. The van der Waals surface area contributed by atoms with Crippen LogP contribution >= 0.6 is 11.8 Å². The number of tetrazole rings is 1. The Morgan fingerprint density at radius 1 is 1.69 bits per heavy atom. The van der Waals surface area contributed by atoms with Crippen molar-refractivity contribution < 1.29 is 4.79 Å². The molecule has 0 saturated heterocycles. The predicted octanol–water partition coefficient (Wildman–Crippen LogP) is 0.281. The second-order valence-corrected chi connectivity index (χ2v) is 4.06. The van der Waals surface area contributed by atoms with Crippen LogP contribution in [0.1, 0.15) is 12.8 Å². The number of aromatic nitrogens is 4. The first kappa shape index (κ1) is 8.68. The maximum absolute atomic E-state index is 11.3. The quantitative estimate of drug-likeness (QED) is 0.650. The standard InChI is InChI=1S/C7H10N4OS/c1-11-7(8-9-10-11)13-4-6(12)5-2-3-5/h5H,2-4H2,1H3. The molecule has 1 aliphatic rings. The van der Waals surface area contributed by atoms with Gasteiger partial charge in [0.2, 0.25) is 5.16 Å². The Kier molecular flexibility index (Phi) is 2.30. The fourth-order valence-electron chi connectivity index (χ4n) is 1.00. The van der Waals surface area contributed by atoms with Crippen molar-refractivity contribution in [2.45, 2.75) is 18.0 Å². The van der Waals surface area contributed by atoms with E-state index in [1.807, 2.05) is 0 Å². The van der Waals surface area contributed by atoms with Crippen molar-refractivity contribution in [3.8, 4) is 0 Å². The van der Waals surface area contributed by atoms with Gasteiger partial charge in [0.1, 0.15) is 5.78 Å². The second-order valence-electron chi connectivity index (χ2n) is 3.11. The van der Waals surface area contributed by atoms with Crippen LogP contribution in [0.5, 0.6) is 0 Å². The Hall–Kier alpha value is -0.910. The van der Waals surface area contributed by atoms with Gasteiger partial charge in [-0.15, -0.1) is 5.10 Å². The summed E-state index contributed by atoms with van der Waals surface area (Å²) in [6.07, 6.45) is 2.13. The van der Waals surface area contributed by atoms with Gasteiger partial charge in [0.05, 0.1) is 5.75 Å². The Balaban J connectivity index is 1.85. The van der Waals surface area contributed by atoms with Gasteiger partial charge >= 0.3 is 0 Å². The van der Waals surface area contributed by atoms with Crippen LogP contribution < -0.4 is 0 Å². The number of nitrogens with zero attached hydrogens (tertiary/aromatic N) is 4. The third-order valence-corrected chi connectivity index (χ3v) is 2.99. The molecule has 0 amide bonds. The van der Waals surface area contributed by atoms with Crippen LogP contribution in [0.2, 0.25) is 0 Å². The van der Waals surface area contributed by atoms with Gasteiger partial charge in [0.25, 0.3) is 0 Å². The molecule has 1 heterocycles. The summed E-state index contributed by atoms with van der Waals surface area (Å²) >= 11 is 1.41. The summed E-state index contributed by atoms with van der Waals surface area (Å²) in [7, 11) is 1.77. The molecule has 6 heteroatoms. The molecular weight excluding hydrogens is 188 g/mol. The molecule has 0 atom stereocenters. The summed E-state index contributed by atoms with van der Waals surface area (Å²) in [4.78, 5) is 11.3. The highest BCUT2D eigenvalue weighted by atomic mass is 32.2. The summed E-state index contributed by atoms with van der Waals surface area (Å²) in [5, 5.41) is 11.7. The third-order valence-electron chi connectivity index (χ3n) is 1.96. The van der Waals surface area contributed by atoms with Crippen LogP contribution in [0.4, 0.5) is 0 Å². The van der Waals surface area contributed by atoms with Gasteiger partial charge in [0, 0.05) is 13.0 Å². The van der Waals surface area contributed by atoms with E-state index in [9.17, 15) is 4.79 Å². The van der Waals surface area contributed by atoms with Gasteiger partial charge in [-0.25, -0.2) is 4.68 Å². The van der Waals surface area contributed by atoms with E-state index < -0.39 is 0 Å². The normalized spacial score (nSPS) is 16.1. The molecule has 1 aromatic heterocycles. The van der Waals surface area contributed by atoms with Crippen molar-refractivity contribution in [1.82, 2.24) is 20.2 Å². The summed E-state index contributed by atoms with van der Waals surface area (Å²) in [5.41, 5.74) is 0. The number of hydrogen-bond acceptors (Lipinski definition) is 5. The molecule has 0 radical (unpaired) electrons. The number of carbonyl (C=O) groups is 1. The molecule has 0 aliphatic heterocycles. The molecule has 2 rings (SSSR count). The monoisotopic (exact) mass is 198 g/mol. The zero-order valence-corrected chi connectivity index (χ0v) is 8.12. The Morgan fingerprint density at radius 2 is 2.46 bits per heavy atom. The lowest BCUT2D eigenvalue weighted by Gasteiger charge is -1.96. The minimum atomic E-state index is 0.327. The average molecular weight is 198 g/mol. The molecular formula is C7H10N4OS. The zero-order chi connectivity index (χ0) is 9.26. The SMILES string of the molecule is Cn1nnnc1SCC(=O)C1CC1. The average Bonchev–Trinajstić information content (AvgIpc) is 2.88. The smallest absolute Gasteiger partial charge is 0.209 e. The van der Waals surface area contributed by atoms with E-state index in [0.717, 1.165) is 12.8 Å². The van der Waals surface area contributed by atoms with Crippen LogP contribution in [0.15, 0.2) is 5.16 Å². The Morgan fingerprint density at radius 3 is 3.00 bits per heavy atom. The van der Waals surface area contributed by atoms with E-state index in [1.165, 1.54) is 11.8 Å². The van der Waals surface area contributed by atoms with E-state index in [2.05, 4.69) is 15.5 Å². The van der Waals surface area contributed by atoms with Crippen LogP contribution in [0.25, 0.3) is 0 Å². The highest BCUT2D eigenvalue weighted by Crippen LogP contribution is 2.31. The zero-order valence-electron chi connectivity index (χ0n) is 7.30. The molecule has 0 aromatic carbocycles. The van der Waals surface area contributed by atoms with E-state index in [1.54, 1.807) is 11.7 Å². The first-order valence-electron chi connectivity index (χ1n) is 4.15. The number of carbonyl (C=O) groups excluding carboxylic acids is 1. The van der Waals surface area contributed by atoms with Crippen molar-refractivity contribution in [3.63, 3.8) is 0 Å². The maximum atomic E-state index is 11.3. The molecule has 1 aliphatic carbocycles. The van der Waals surface area contributed by atoms with Crippen molar-refractivity contribution in [1.29, 1.82) is 0 Å². The fourth-order valence-corrected chi connectivity index (χ4v) is 1.83. The lowest BCUT2D eigenvalue weighted by atomic mass is 10.3. The van der Waals surface area contributed by atoms with Crippen LogP contribution in [0.3, 0.4) is 0 Å². The molecule has 0 unspecified atom stereocenters. The molecule has 0 bridgehead atoms. The van der Waals surface area contributed by atoms with Crippen molar-refractivity contribution in [2.75, 3.05) is 5.75 Å². The lowest BCUT2D eigenvalue weighted by molar-refractivity contribution is -0.117. The Labute approximate surface area is 79.9 Å². The van der Waals surface area contributed by atoms with E-state index in [4.69, 9.17) is 0 Å². The largest absolute Gasteiger partial charge is 0.298 e. The van der Waals surface area contributed by atoms with E-state index in [-0.39, 0.29) is 0 Å². The number of rotatable bonds is 4. The molecule has 0 N–H and O–H groups in total. The lowest BCUT2D eigenvalue weighted by Crippen LogP contribution is -2.04. The van der Waals surface area contributed by atoms with Gasteiger partial charge in [-0.2, -0.15) is 0 Å². The minimum absolute atomic E-state index is 0.327.